The van der Waals surface area contributed by atoms with Gasteiger partial charge in [0.15, 0.2) is 0 Å². The fourth-order valence-corrected chi connectivity index (χ4v) is 2.65. The SMILES string of the molecule is Cc1[nH]nc(S(=O)(=O)Nc2ccccn2)c1CO. The van der Waals surface area contributed by atoms with E-state index in [1.165, 1.54) is 12.3 Å². The quantitative estimate of drug-likeness (QED) is 0.744. The lowest BCUT2D eigenvalue weighted by Crippen LogP contribution is -2.16. The highest BCUT2D eigenvalue weighted by Crippen LogP contribution is 2.18. The van der Waals surface area contributed by atoms with E-state index in [4.69, 9.17) is 5.11 Å². The fourth-order valence-electron chi connectivity index (χ4n) is 1.45. The van der Waals surface area contributed by atoms with Crippen LogP contribution in [0.1, 0.15) is 11.3 Å². The monoisotopic (exact) mass is 268 g/mol. The van der Waals surface area contributed by atoms with E-state index in [0.29, 0.717) is 5.69 Å². The Morgan fingerprint density at radius 1 is 1.44 bits per heavy atom. The van der Waals surface area contributed by atoms with Gasteiger partial charge >= 0.3 is 0 Å². The second-order valence-corrected chi connectivity index (χ2v) is 5.21. The third-order valence-electron chi connectivity index (χ3n) is 2.35. The minimum atomic E-state index is -3.85. The van der Waals surface area contributed by atoms with Gasteiger partial charge in [0.25, 0.3) is 10.0 Å². The average Bonchev–Trinajstić information content (AvgIpc) is 2.72. The van der Waals surface area contributed by atoms with Crippen molar-refractivity contribution in [2.24, 2.45) is 0 Å². The van der Waals surface area contributed by atoms with Gasteiger partial charge < -0.3 is 5.11 Å². The van der Waals surface area contributed by atoms with Crippen LogP contribution in [0.4, 0.5) is 5.82 Å². The molecule has 0 spiro atoms. The molecule has 2 rings (SSSR count). The van der Waals surface area contributed by atoms with Crippen LogP contribution in [-0.2, 0) is 16.6 Å². The van der Waals surface area contributed by atoms with Crippen LogP contribution in [0.15, 0.2) is 29.4 Å². The van der Waals surface area contributed by atoms with Crippen LogP contribution in [0, 0.1) is 6.92 Å². The van der Waals surface area contributed by atoms with E-state index in [1.807, 2.05) is 0 Å². The molecule has 0 aliphatic rings. The molecule has 2 heterocycles. The molecular formula is C10H12N4O3S. The van der Waals surface area contributed by atoms with Gasteiger partial charge in [0.05, 0.1) is 6.61 Å². The molecule has 0 saturated carbocycles. The van der Waals surface area contributed by atoms with Gasteiger partial charge in [0.1, 0.15) is 5.82 Å². The lowest BCUT2D eigenvalue weighted by molar-refractivity contribution is 0.277. The summed E-state index contributed by atoms with van der Waals surface area (Å²) in [5.74, 6) is 0.196. The van der Waals surface area contributed by atoms with Crippen LogP contribution in [0.2, 0.25) is 0 Å². The summed E-state index contributed by atoms with van der Waals surface area (Å²) in [7, 11) is -3.85. The molecule has 96 valence electrons. The molecule has 7 nitrogen and oxygen atoms in total. The van der Waals surface area contributed by atoms with Gasteiger partial charge in [0.2, 0.25) is 5.03 Å². The summed E-state index contributed by atoms with van der Waals surface area (Å²) in [6.07, 6.45) is 1.47. The minimum Gasteiger partial charge on any atom is -0.392 e. The maximum Gasteiger partial charge on any atom is 0.282 e. The number of nitrogens with one attached hydrogen (secondary N) is 2. The molecule has 0 radical (unpaired) electrons. The van der Waals surface area contributed by atoms with Crippen molar-refractivity contribution < 1.29 is 13.5 Å². The molecule has 8 heteroatoms. The fraction of sp³-hybridized carbons (Fsp3) is 0.200. The molecule has 0 fully saturated rings. The molecule has 0 unspecified atom stereocenters. The number of sulfonamides is 1. The molecule has 0 aliphatic carbocycles. The van der Waals surface area contributed by atoms with Crippen LogP contribution in [0.5, 0.6) is 0 Å². The Balaban J connectivity index is 2.37. The largest absolute Gasteiger partial charge is 0.392 e. The standard InChI is InChI=1S/C10H12N4O3S/c1-7-8(6-15)10(13-12-7)18(16,17)14-9-4-2-3-5-11-9/h2-5,15H,6H2,1H3,(H,11,14)(H,12,13). The molecule has 0 bridgehead atoms. The van der Waals surface area contributed by atoms with Gasteiger partial charge in [0, 0.05) is 17.5 Å². The zero-order chi connectivity index (χ0) is 13.2. The van der Waals surface area contributed by atoms with Gasteiger partial charge in [-0.2, -0.15) is 13.5 Å². The lowest BCUT2D eigenvalue weighted by atomic mass is 10.3. The Morgan fingerprint density at radius 3 is 2.83 bits per heavy atom. The average molecular weight is 268 g/mol. The summed E-state index contributed by atoms with van der Waals surface area (Å²) >= 11 is 0. The number of H-pyrrole nitrogens is 1. The van der Waals surface area contributed by atoms with Gasteiger partial charge in [-0.05, 0) is 19.1 Å². The summed E-state index contributed by atoms with van der Waals surface area (Å²) in [6, 6.07) is 4.86. The van der Waals surface area contributed by atoms with E-state index in [1.54, 1.807) is 19.1 Å². The minimum absolute atomic E-state index is 0.196. The zero-order valence-corrected chi connectivity index (χ0v) is 10.4. The van der Waals surface area contributed by atoms with Crippen molar-refractivity contribution in [3.8, 4) is 0 Å². The number of aliphatic hydroxyl groups excluding tert-OH is 1. The van der Waals surface area contributed by atoms with Crippen LogP contribution in [0.25, 0.3) is 0 Å². The van der Waals surface area contributed by atoms with Crippen molar-refractivity contribution in [2.75, 3.05) is 4.72 Å². The predicted molar refractivity (Wildman–Crippen MR) is 64.3 cm³/mol. The number of nitrogens with zero attached hydrogens (tertiary/aromatic N) is 2. The van der Waals surface area contributed by atoms with Crippen molar-refractivity contribution in [3.05, 3.63) is 35.7 Å². The lowest BCUT2D eigenvalue weighted by Gasteiger charge is -2.05. The van der Waals surface area contributed by atoms with E-state index < -0.39 is 16.6 Å². The summed E-state index contributed by atoms with van der Waals surface area (Å²) in [5.41, 5.74) is 0.761. The molecule has 0 amide bonds. The normalized spacial score (nSPS) is 11.4. The van der Waals surface area contributed by atoms with Gasteiger partial charge in [-0.15, -0.1) is 0 Å². The zero-order valence-electron chi connectivity index (χ0n) is 9.58. The first-order valence-electron chi connectivity index (χ1n) is 5.13. The van der Waals surface area contributed by atoms with Crippen LogP contribution in [0.3, 0.4) is 0 Å². The van der Waals surface area contributed by atoms with E-state index >= 15 is 0 Å². The van der Waals surface area contributed by atoms with Gasteiger partial charge in [-0.25, -0.2) is 4.98 Å². The first kappa shape index (κ1) is 12.5. The number of aliphatic hydroxyl groups is 1. The number of hydrogen-bond donors (Lipinski definition) is 3. The van der Waals surface area contributed by atoms with Gasteiger partial charge in [-0.1, -0.05) is 6.07 Å². The Labute approximate surface area is 104 Å². The van der Waals surface area contributed by atoms with Crippen molar-refractivity contribution >= 4 is 15.8 Å². The summed E-state index contributed by atoms with van der Waals surface area (Å²) in [4.78, 5) is 3.86. The topological polar surface area (TPSA) is 108 Å². The first-order valence-corrected chi connectivity index (χ1v) is 6.61. The molecule has 0 aliphatic heterocycles. The number of aryl methyl sites for hydroxylation is 1. The number of anilines is 1. The molecule has 0 atom stereocenters. The number of hydrogen-bond acceptors (Lipinski definition) is 5. The number of aromatic nitrogens is 3. The maximum absolute atomic E-state index is 12.0. The number of aromatic amines is 1. The molecule has 2 aromatic heterocycles. The Morgan fingerprint density at radius 2 is 2.22 bits per heavy atom. The molecule has 3 N–H and O–H groups in total. The third-order valence-corrected chi connectivity index (χ3v) is 3.68. The first-order chi connectivity index (χ1) is 8.54. The highest BCUT2D eigenvalue weighted by Gasteiger charge is 2.23. The molecule has 0 aromatic carbocycles. The second kappa shape index (κ2) is 4.75. The van der Waals surface area contributed by atoms with E-state index in [9.17, 15) is 8.42 Å². The van der Waals surface area contributed by atoms with Crippen LogP contribution >= 0.6 is 0 Å². The second-order valence-electron chi connectivity index (χ2n) is 3.61. The predicted octanol–water partition coefficient (Wildman–Crippen LogP) is 0.406. The summed E-state index contributed by atoms with van der Waals surface area (Å²) in [6.45, 7) is 1.24. The molecular weight excluding hydrogens is 256 g/mol. The number of pyridine rings is 1. The molecule has 18 heavy (non-hydrogen) atoms. The van der Waals surface area contributed by atoms with Crippen LogP contribution in [-0.4, -0.2) is 28.7 Å². The van der Waals surface area contributed by atoms with E-state index in [-0.39, 0.29) is 16.4 Å². The highest BCUT2D eigenvalue weighted by atomic mass is 32.2. The third kappa shape index (κ3) is 2.34. The van der Waals surface area contributed by atoms with E-state index in [2.05, 4.69) is 19.9 Å². The van der Waals surface area contributed by atoms with Gasteiger partial charge in [-0.3, -0.25) is 9.82 Å². The van der Waals surface area contributed by atoms with Crippen LogP contribution < -0.4 is 4.72 Å². The molecule has 2 aromatic rings. The van der Waals surface area contributed by atoms with Crippen molar-refractivity contribution in [2.45, 2.75) is 18.6 Å². The van der Waals surface area contributed by atoms with Crippen molar-refractivity contribution in [3.63, 3.8) is 0 Å². The van der Waals surface area contributed by atoms with Crippen molar-refractivity contribution in [1.29, 1.82) is 0 Å². The Kier molecular flexibility index (Phi) is 3.30. The Hall–Kier alpha value is -1.93. The maximum atomic E-state index is 12.0. The van der Waals surface area contributed by atoms with E-state index in [0.717, 1.165) is 0 Å². The summed E-state index contributed by atoms with van der Waals surface area (Å²) in [5, 5.41) is 15.2. The van der Waals surface area contributed by atoms with Crippen molar-refractivity contribution in [1.82, 2.24) is 15.2 Å². The Bertz CT molecular complexity index is 636. The number of rotatable bonds is 4. The smallest absolute Gasteiger partial charge is 0.282 e. The summed E-state index contributed by atoms with van der Waals surface area (Å²) < 4.78 is 26.4. The molecule has 0 saturated heterocycles. The highest BCUT2D eigenvalue weighted by molar-refractivity contribution is 7.92.